The van der Waals surface area contributed by atoms with Crippen molar-refractivity contribution in [3.63, 3.8) is 0 Å². The van der Waals surface area contributed by atoms with Crippen molar-refractivity contribution in [2.45, 2.75) is 11.3 Å². The number of fused-ring (bicyclic) bond motifs is 1. The van der Waals surface area contributed by atoms with Gasteiger partial charge in [-0.05, 0) is 42.5 Å². The quantitative estimate of drug-likeness (QED) is 0.485. The molecule has 4 aromatic rings. The first-order chi connectivity index (χ1) is 13.7. The molecule has 0 fully saturated rings. The predicted molar refractivity (Wildman–Crippen MR) is 109 cm³/mol. The Hall–Kier alpha value is -3.19. The monoisotopic (exact) mass is 392 g/mol. The molecule has 5 nitrogen and oxygen atoms in total. The lowest BCUT2D eigenvalue weighted by Crippen LogP contribution is -2.12. The number of carbonyl (C=O) groups excluding carboxylic acids is 1. The number of imidazole rings is 1. The molecule has 0 bridgehead atoms. The molecule has 0 spiro atoms. The van der Waals surface area contributed by atoms with Gasteiger partial charge in [0.2, 0.25) is 11.7 Å². The average molecular weight is 392 g/mol. The summed E-state index contributed by atoms with van der Waals surface area (Å²) in [6.45, 7) is 0. The van der Waals surface area contributed by atoms with Crippen LogP contribution in [0, 0.1) is 5.82 Å². The molecule has 0 aliphatic heterocycles. The van der Waals surface area contributed by atoms with Crippen LogP contribution >= 0.6 is 11.8 Å². The fourth-order valence-electron chi connectivity index (χ4n) is 2.71. The normalized spacial score (nSPS) is 10.9. The highest BCUT2D eigenvalue weighted by molar-refractivity contribution is 7.99. The second kappa shape index (κ2) is 8.22. The number of anilines is 1. The van der Waals surface area contributed by atoms with Gasteiger partial charge in [0.05, 0.1) is 5.69 Å². The summed E-state index contributed by atoms with van der Waals surface area (Å²) in [7, 11) is 0. The van der Waals surface area contributed by atoms with E-state index in [-0.39, 0.29) is 11.7 Å². The summed E-state index contributed by atoms with van der Waals surface area (Å²) in [5.41, 5.74) is 2.52. The van der Waals surface area contributed by atoms with E-state index in [1.807, 2.05) is 47.1 Å². The Labute approximate surface area is 165 Å². The Bertz CT molecular complexity index is 1060. The van der Waals surface area contributed by atoms with E-state index in [4.69, 9.17) is 0 Å². The SMILES string of the molecule is O=C(CCSc1ccc(F)cc1)Nc1ccc(-c2cn3cccnc3n2)cc1. The number of carbonyl (C=O) groups is 1. The minimum Gasteiger partial charge on any atom is -0.326 e. The van der Waals surface area contributed by atoms with Gasteiger partial charge in [-0.25, -0.2) is 14.4 Å². The molecule has 1 N–H and O–H groups in total. The third-order valence-corrected chi connectivity index (χ3v) is 5.13. The number of benzene rings is 2. The number of amides is 1. The third-order valence-electron chi connectivity index (χ3n) is 4.11. The van der Waals surface area contributed by atoms with Crippen molar-refractivity contribution in [2.75, 3.05) is 11.1 Å². The van der Waals surface area contributed by atoms with Crippen LogP contribution in [0.1, 0.15) is 6.42 Å². The van der Waals surface area contributed by atoms with Crippen LogP contribution in [0.3, 0.4) is 0 Å². The number of hydrogen-bond donors (Lipinski definition) is 1. The van der Waals surface area contributed by atoms with Crippen LogP contribution in [0.25, 0.3) is 17.0 Å². The van der Waals surface area contributed by atoms with Crippen molar-refractivity contribution >= 4 is 29.1 Å². The van der Waals surface area contributed by atoms with Gasteiger partial charge >= 0.3 is 0 Å². The molecule has 1 amide bonds. The zero-order chi connectivity index (χ0) is 19.3. The Morgan fingerprint density at radius 2 is 1.89 bits per heavy atom. The van der Waals surface area contributed by atoms with Crippen molar-refractivity contribution in [1.29, 1.82) is 0 Å². The molecule has 0 saturated carbocycles. The number of rotatable bonds is 6. The smallest absolute Gasteiger partial charge is 0.234 e. The summed E-state index contributed by atoms with van der Waals surface area (Å²) in [6.07, 6.45) is 5.90. The molecule has 0 saturated heterocycles. The maximum atomic E-state index is 12.9. The van der Waals surface area contributed by atoms with Gasteiger partial charge in [-0.1, -0.05) is 12.1 Å². The van der Waals surface area contributed by atoms with E-state index in [0.29, 0.717) is 18.0 Å². The minimum absolute atomic E-state index is 0.0562. The predicted octanol–water partition coefficient (Wildman–Crippen LogP) is 4.66. The fourth-order valence-corrected chi connectivity index (χ4v) is 3.56. The van der Waals surface area contributed by atoms with Crippen LogP contribution in [-0.2, 0) is 4.79 Å². The highest BCUT2D eigenvalue weighted by atomic mass is 32.2. The first-order valence-corrected chi connectivity index (χ1v) is 9.74. The van der Waals surface area contributed by atoms with Crippen LogP contribution in [0.5, 0.6) is 0 Å². The maximum Gasteiger partial charge on any atom is 0.234 e. The Kier molecular flexibility index (Phi) is 5.34. The molecule has 0 aliphatic rings. The molecular weight excluding hydrogens is 375 g/mol. The second-order valence-corrected chi connectivity index (χ2v) is 7.30. The van der Waals surface area contributed by atoms with Gasteiger partial charge in [-0.15, -0.1) is 11.8 Å². The molecule has 7 heteroatoms. The Balaban J connectivity index is 1.32. The highest BCUT2D eigenvalue weighted by Gasteiger charge is 2.07. The van der Waals surface area contributed by atoms with Gasteiger partial charge in [-0.3, -0.25) is 9.20 Å². The van der Waals surface area contributed by atoms with Crippen molar-refractivity contribution < 1.29 is 9.18 Å². The van der Waals surface area contributed by atoms with Crippen molar-refractivity contribution in [3.8, 4) is 11.3 Å². The standard InChI is InChI=1S/C21H17FN4OS/c22-16-4-8-18(9-5-16)28-13-10-20(27)24-17-6-2-15(3-7-17)19-14-26-12-1-11-23-21(26)25-19/h1-9,11-12,14H,10,13H2,(H,24,27). The van der Waals surface area contributed by atoms with E-state index >= 15 is 0 Å². The number of aromatic nitrogens is 3. The molecule has 140 valence electrons. The van der Waals surface area contributed by atoms with Gasteiger partial charge in [0.15, 0.2) is 0 Å². The summed E-state index contributed by atoms with van der Waals surface area (Å²) in [5.74, 6) is 0.960. The molecular formula is C21H17FN4OS. The number of halogens is 1. The Morgan fingerprint density at radius 3 is 2.64 bits per heavy atom. The van der Waals surface area contributed by atoms with Gasteiger partial charge in [-0.2, -0.15) is 0 Å². The number of nitrogens with one attached hydrogen (secondary N) is 1. The maximum absolute atomic E-state index is 12.9. The molecule has 2 aromatic carbocycles. The largest absolute Gasteiger partial charge is 0.326 e. The van der Waals surface area contributed by atoms with Crippen LogP contribution in [0.2, 0.25) is 0 Å². The highest BCUT2D eigenvalue weighted by Crippen LogP contribution is 2.22. The number of thioether (sulfide) groups is 1. The van der Waals surface area contributed by atoms with E-state index < -0.39 is 0 Å². The molecule has 2 aromatic heterocycles. The number of nitrogens with zero attached hydrogens (tertiary/aromatic N) is 3. The van der Waals surface area contributed by atoms with Crippen LogP contribution in [0.4, 0.5) is 10.1 Å². The Morgan fingerprint density at radius 1 is 1.11 bits per heavy atom. The lowest BCUT2D eigenvalue weighted by molar-refractivity contribution is -0.115. The summed E-state index contributed by atoms with van der Waals surface area (Å²) in [6, 6.07) is 15.7. The van der Waals surface area contributed by atoms with Crippen molar-refractivity contribution in [2.24, 2.45) is 0 Å². The average Bonchev–Trinajstić information content (AvgIpc) is 3.14. The van der Waals surface area contributed by atoms with Gasteiger partial charge in [0, 0.05) is 46.9 Å². The molecule has 0 radical (unpaired) electrons. The topological polar surface area (TPSA) is 59.3 Å². The molecule has 0 aliphatic carbocycles. The van der Waals surface area contributed by atoms with E-state index in [9.17, 15) is 9.18 Å². The van der Waals surface area contributed by atoms with E-state index in [1.165, 1.54) is 23.9 Å². The van der Waals surface area contributed by atoms with E-state index in [0.717, 1.165) is 21.8 Å². The fraction of sp³-hybridized carbons (Fsp3) is 0.0952. The first-order valence-electron chi connectivity index (χ1n) is 8.76. The van der Waals surface area contributed by atoms with Crippen LogP contribution < -0.4 is 5.32 Å². The molecule has 4 rings (SSSR count). The van der Waals surface area contributed by atoms with Gasteiger partial charge < -0.3 is 5.32 Å². The molecule has 28 heavy (non-hydrogen) atoms. The van der Waals surface area contributed by atoms with Crippen molar-refractivity contribution in [1.82, 2.24) is 14.4 Å². The number of hydrogen-bond acceptors (Lipinski definition) is 4. The zero-order valence-corrected chi connectivity index (χ0v) is 15.7. The molecule has 0 unspecified atom stereocenters. The molecule has 2 heterocycles. The third kappa shape index (κ3) is 4.37. The molecule has 0 atom stereocenters. The summed E-state index contributed by atoms with van der Waals surface area (Å²) in [5, 5.41) is 2.89. The summed E-state index contributed by atoms with van der Waals surface area (Å²) in [4.78, 5) is 21.8. The second-order valence-electron chi connectivity index (χ2n) is 6.13. The zero-order valence-electron chi connectivity index (χ0n) is 14.9. The van der Waals surface area contributed by atoms with E-state index in [1.54, 1.807) is 18.3 Å². The van der Waals surface area contributed by atoms with Crippen LogP contribution in [0.15, 0.2) is 78.1 Å². The van der Waals surface area contributed by atoms with Gasteiger partial charge in [0.1, 0.15) is 5.82 Å². The lowest BCUT2D eigenvalue weighted by atomic mass is 10.1. The summed E-state index contributed by atoms with van der Waals surface area (Å²) >= 11 is 1.53. The minimum atomic E-state index is -0.259. The first kappa shape index (κ1) is 18.2. The van der Waals surface area contributed by atoms with Crippen LogP contribution in [-0.4, -0.2) is 26.0 Å². The van der Waals surface area contributed by atoms with Crippen molar-refractivity contribution in [3.05, 3.63) is 79.0 Å². The summed E-state index contributed by atoms with van der Waals surface area (Å²) < 4.78 is 14.8. The van der Waals surface area contributed by atoms with E-state index in [2.05, 4.69) is 15.3 Å². The van der Waals surface area contributed by atoms with Gasteiger partial charge in [0.25, 0.3) is 0 Å². The lowest BCUT2D eigenvalue weighted by Gasteiger charge is -2.06.